The van der Waals surface area contributed by atoms with Crippen LogP contribution in [0.2, 0.25) is 5.02 Å². The molecule has 2 aromatic carbocycles. The maximum absolute atomic E-state index is 12.7. The minimum absolute atomic E-state index is 0.0890. The van der Waals surface area contributed by atoms with E-state index in [0.29, 0.717) is 43.4 Å². The third kappa shape index (κ3) is 6.12. The van der Waals surface area contributed by atoms with Gasteiger partial charge in [0.25, 0.3) is 0 Å². The van der Waals surface area contributed by atoms with E-state index < -0.39 is 10.0 Å². The molecule has 1 N–H and O–H groups in total. The Morgan fingerprint density at radius 3 is 2.29 bits per heavy atom. The lowest BCUT2D eigenvalue weighted by molar-refractivity contribution is 0.0730. The molecule has 1 saturated heterocycles. The van der Waals surface area contributed by atoms with Gasteiger partial charge in [-0.05, 0) is 43.9 Å². The number of benzene rings is 2. The smallest absolute Gasteiger partial charge is 0.243 e. The van der Waals surface area contributed by atoms with Crippen molar-refractivity contribution in [3.8, 4) is 0 Å². The third-order valence-electron chi connectivity index (χ3n) is 5.29. The number of rotatable bonds is 9. The number of ketones is 1. The fourth-order valence-corrected chi connectivity index (χ4v) is 4.99. The summed E-state index contributed by atoms with van der Waals surface area (Å²) >= 11 is 5.97. The monoisotopic (exact) mass is 465 g/mol. The van der Waals surface area contributed by atoms with Gasteiger partial charge in [-0.1, -0.05) is 35.9 Å². The van der Waals surface area contributed by atoms with Crippen LogP contribution in [0.4, 0.5) is 0 Å². The van der Waals surface area contributed by atoms with Gasteiger partial charge in [0.2, 0.25) is 10.0 Å². The van der Waals surface area contributed by atoms with Crippen LogP contribution in [0.25, 0.3) is 0 Å². The summed E-state index contributed by atoms with van der Waals surface area (Å²) in [6.45, 7) is 2.22. The molecular weight excluding hydrogens is 438 g/mol. The van der Waals surface area contributed by atoms with Crippen LogP contribution in [0, 0.1) is 0 Å². The number of hydrogen-bond acceptors (Lipinski definition) is 6. The SMILES string of the molecule is CN(C)C(CNCC(=O)c1ccc(S(=O)(=O)N2CCOCC2)cc1)c1ccc(Cl)cc1. The first kappa shape index (κ1) is 23.8. The first-order valence-electron chi connectivity index (χ1n) is 10.1. The van der Waals surface area contributed by atoms with Gasteiger partial charge in [0.05, 0.1) is 24.7 Å². The molecule has 1 unspecified atom stereocenters. The Kier molecular flexibility index (Phi) is 8.21. The molecule has 0 aromatic heterocycles. The molecule has 0 saturated carbocycles. The van der Waals surface area contributed by atoms with E-state index in [9.17, 15) is 13.2 Å². The quantitative estimate of drug-likeness (QED) is 0.573. The van der Waals surface area contributed by atoms with Crippen molar-refractivity contribution < 1.29 is 17.9 Å². The van der Waals surface area contributed by atoms with E-state index in [1.807, 2.05) is 38.4 Å². The Labute approximate surface area is 189 Å². The van der Waals surface area contributed by atoms with E-state index in [0.717, 1.165) is 5.56 Å². The summed E-state index contributed by atoms with van der Waals surface area (Å²) in [7, 11) is 0.401. The molecule has 3 rings (SSSR count). The van der Waals surface area contributed by atoms with Crippen molar-refractivity contribution >= 4 is 27.4 Å². The number of nitrogens with one attached hydrogen (secondary N) is 1. The summed E-state index contributed by atoms with van der Waals surface area (Å²) in [5, 5.41) is 3.89. The molecule has 31 heavy (non-hydrogen) atoms. The van der Waals surface area contributed by atoms with Gasteiger partial charge in [0, 0.05) is 36.3 Å². The number of halogens is 1. The lowest BCUT2D eigenvalue weighted by Crippen LogP contribution is -2.40. The number of ether oxygens (including phenoxy) is 1. The molecule has 168 valence electrons. The van der Waals surface area contributed by atoms with Gasteiger partial charge >= 0.3 is 0 Å². The van der Waals surface area contributed by atoms with E-state index >= 15 is 0 Å². The Morgan fingerprint density at radius 1 is 1.10 bits per heavy atom. The minimum atomic E-state index is -3.56. The van der Waals surface area contributed by atoms with Gasteiger partial charge in [0.15, 0.2) is 5.78 Å². The zero-order chi connectivity index (χ0) is 22.4. The largest absolute Gasteiger partial charge is 0.379 e. The molecule has 1 heterocycles. The van der Waals surface area contributed by atoms with E-state index in [-0.39, 0.29) is 23.3 Å². The summed E-state index contributed by atoms with van der Waals surface area (Å²) in [6, 6.07) is 13.9. The molecule has 0 amide bonds. The summed E-state index contributed by atoms with van der Waals surface area (Å²) in [4.78, 5) is 14.8. The average Bonchev–Trinajstić information content (AvgIpc) is 2.78. The normalized spacial score (nSPS) is 16.4. The Bertz CT molecular complexity index is 973. The van der Waals surface area contributed by atoms with E-state index in [1.54, 1.807) is 12.1 Å². The Morgan fingerprint density at radius 2 is 1.71 bits per heavy atom. The molecular formula is C22H28ClN3O4S. The highest BCUT2D eigenvalue weighted by Crippen LogP contribution is 2.20. The van der Waals surface area contributed by atoms with Crippen LogP contribution in [0.5, 0.6) is 0 Å². The minimum Gasteiger partial charge on any atom is -0.379 e. The topological polar surface area (TPSA) is 79.0 Å². The second-order valence-electron chi connectivity index (χ2n) is 7.63. The second-order valence-corrected chi connectivity index (χ2v) is 10.0. The number of carbonyl (C=O) groups excluding carboxylic acids is 1. The highest BCUT2D eigenvalue weighted by atomic mass is 35.5. The summed E-state index contributed by atoms with van der Waals surface area (Å²) in [5.74, 6) is -0.0936. The van der Waals surface area contributed by atoms with Crippen molar-refractivity contribution in [1.29, 1.82) is 0 Å². The highest BCUT2D eigenvalue weighted by molar-refractivity contribution is 7.89. The number of likely N-dealkylation sites (N-methyl/N-ethyl adjacent to an activating group) is 1. The molecule has 0 aliphatic carbocycles. The number of morpholine rings is 1. The van der Waals surface area contributed by atoms with Crippen LogP contribution >= 0.6 is 11.6 Å². The second kappa shape index (κ2) is 10.7. The van der Waals surface area contributed by atoms with Crippen molar-refractivity contribution in [2.24, 2.45) is 0 Å². The van der Waals surface area contributed by atoms with Crippen molar-refractivity contribution in [1.82, 2.24) is 14.5 Å². The maximum atomic E-state index is 12.7. The van der Waals surface area contributed by atoms with Crippen LogP contribution in [0.3, 0.4) is 0 Å². The lowest BCUT2D eigenvalue weighted by atomic mass is 10.1. The van der Waals surface area contributed by atoms with E-state index in [1.165, 1.54) is 16.4 Å². The van der Waals surface area contributed by atoms with Crippen LogP contribution in [0.1, 0.15) is 22.0 Å². The van der Waals surface area contributed by atoms with Crippen molar-refractivity contribution in [2.45, 2.75) is 10.9 Å². The number of nitrogens with zero attached hydrogens (tertiary/aromatic N) is 2. The van der Waals surface area contributed by atoms with E-state index in [2.05, 4.69) is 10.2 Å². The van der Waals surface area contributed by atoms with E-state index in [4.69, 9.17) is 16.3 Å². The van der Waals surface area contributed by atoms with Crippen LogP contribution in [-0.4, -0.2) is 76.9 Å². The van der Waals surface area contributed by atoms with Crippen LogP contribution < -0.4 is 5.32 Å². The summed E-state index contributed by atoms with van der Waals surface area (Å²) in [5.41, 5.74) is 1.58. The zero-order valence-corrected chi connectivity index (χ0v) is 19.3. The number of hydrogen-bond donors (Lipinski definition) is 1. The number of Topliss-reactive ketones (excluding diaryl/α,β-unsaturated/α-hetero) is 1. The van der Waals surface area contributed by atoms with Crippen molar-refractivity contribution in [3.63, 3.8) is 0 Å². The number of carbonyl (C=O) groups is 1. The van der Waals surface area contributed by atoms with Gasteiger partial charge in [-0.2, -0.15) is 4.31 Å². The first-order valence-corrected chi connectivity index (χ1v) is 11.9. The molecule has 9 heteroatoms. The first-order chi connectivity index (χ1) is 14.8. The molecule has 1 aliphatic rings. The van der Waals surface area contributed by atoms with Crippen molar-refractivity contribution in [3.05, 3.63) is 64.7 Å². The Balaban J connectivity index is 1.58. The molecule has 1 atom stereocenters. The fraction of sp³-hybridized carbons (Fsp3) is 0.409. The highest BCUT2D eigenvalue weighted by Gasteiger charge is 2.26. The van der Waals surface area contributed by atoms with Gasteiger partial charge < -0.3 is 15.0 Å². The average molecular weight is 466 g/mol. The fourth-order valence-electron chi connectivity index (χ4n) is 3.46. The lowest BCUT2D eigenvalue weighted by Gasteiger charge is -2.26. The van der Waals surface area contributed by atoms with Crippen LogP contribution in [-0.2, 0) is 14.8 Å². The molecule has 0 radical (unpaired) electrons. The molecule has 7 nitrogen and oxygen atoms in total. The summed E-state index contributed by atoms with van der Waals surface area (Å²) < 4.78 is 32.0. The maximum Gasteiger partial charge on any atom is 0.243 e. The third-order valence-corrected chi connectivity index (χ3v) is 7.45. The summed E-state index contributed by atoms with van der Waals surface area (Å²) in [6.07, 6.45) is 0. The molecule has 1 fully saturated rings. The number of sulfonamides is 1. The van der Waals surface area contributed by atoms with Crippen LogP contribution in [0.15, 0.2) is 53.4 Å². The molecule has 2 aromatic rings. The van der Waals surface area contributed by atoms with Gasteiger partial charge in [0.1, 0.15) is 0 Å². The molecule has 1 aliphatic heterocycles. The zero-order valence-electron chi connectivity index (χ0n) is 17.8. The predicted octanol–water partition coefficient (Wildman–Crippen LogP) is 2.44. The Hall–Kier alpha value is -1.81. The van der Waals surface area contributed by atoms with Crippen molar-refractivity contribution in [2.75, 3.05) is 53.5 Å². The standard InChI is InChI=1S/C22H28ClN3O4S/c1-25(2)21(17-3-7-19(23)8-4-17)15-24-16-22(27)18-5-9-20(10-6-18)31(28,29)26-11-13-30-14-12-26/h3-10,21,24H,11-16H2,1-2H3. The molecule has 0 spiro atoms. The van der Waals surface area contributed by atoms with Gasteiger partial charge in [-0.15, -0.1) is 0 Å². The van der Waals surface area contributed by atoms with Gasteiger partial charge in [-0.3, -0.25) is 4.79 Å². The predicted molar refractivity (Wildman–Crippen MR) is 121 cm³/mol. The van der Waals surface area contributed by atoms with Gasteiger partial charge in [-0.25, -0.2) is 8.42 Å². The molecule has 0 bridgehead atoms.